The Morgan fingerprint density at radius 3 is 2.45 bits per heavy atom. The van der Waals surface area contributed by atoms with Gasteiger partial charge in [-0.3, -0.25) is 4.90 Å². The van der Waals surface area contributed by atoms with Crippen LogP contribution in [0.2, 0.25) is 0 Å². The highest BCUT2D eigenvalue weighted by Crippen LogP contribution is 2.36. The molecule has 122 valence electrons. The van der Waals surface area contributed by atoms with E-state index in [4.69, 9.17) is 4.74 Å². The van der Waals surface area contributed by atoms with Crippen molar-refractivity contribution in [1.29, 1.82) is 0 Å². The quantitative estimate of drug-likeness (QED) is 0.901. The zero-order chi connectivity index (χ0) is 13.8. The van der Waals surface area contributed by atoms with Gasteiger partial charge < -0.3 is 10.1 Å². The van der Waals surface area contributed by atoms with E-state index in [2.05, 4.69) is 45.9 Å². The molecule has 3 nitrogen and oxygen atoms in total. The van der Waals surface area contributed by atoms with E-state index in [1.54, 1.807) is 7.11 Å². The summed E-state index contributed by atoms with van der Waals surface area (Å²) >= 11 is 1.82. The number of rotatable bonds is 4. The molecule has 1 fully saturated rings. The minimum atomic E-state index is 0. The van der Waals surface area contributed by atoms with Crippen molar-refractivity contribution in [2.24, 2.45) is 0 Å². The highest BCUT2D eigenvalue weighted by atomic mass is 35.5. The normalized spacial score (nSPS) is 16.2. The van der Waals surface area contributed by atoms with Crippen LogP contribution in [0.1, 0.15) is 16.5 Å². The van der Waals surface area contributed by atoms with Gasteiger partial charge in [0.25, 0.3) is 0 Å². The van der Waals surface area contributed by atoms with E-state index in [1.165, 1.54) is 10.4 Å². The van der Waals surface area contributed by atoms with Gasteiger partial charge in [0.05, 0.1) is 13.2 Å². The van der Waals surface area contributed by atoms with Crippen LogP contribution in [0.4, 0.5) is 0 Å². The summed E-state index contributed by atoms with van der Waals surface area (Å²) in [5.74, 6) is 0.976. The van der Waals surface area contributed by atoms with Gasteiger partial charge >= 0.3 is 0 Å². The predicted molar refractivity (Wildman–Crippen MR) is 98.1 cm³/mol. The maximum Gasteiger partial charge on any atom is 0.124 e. The molecule has 1 atom stereocenters. The molecule has 1 aromatic heterocycles. The van der Waals surface area contributed by atoms with Crippen LogP contribution in [-0.2, 0) is 0 Å². The SMILES string of the molecule is COc1ccccc1[C@@H](c1cccs1)N1CCNCC1.Cl.Cl. The van der Waals surface area contributed by atoms with Gasteiger partial charge in [-0.25, -0.2) is 0 Å². The largest absolute Gasteiger partial charge is 0.496 e. The molecular weight excluding hydrogens is 339 g/mol. The fourth-order valence-electron chi connectivity index (χ4n) is 2.81. The molecule has 1 N–H and O–H groups in total. The lowest BCUT2D eigenvalue weighted by Gasteiger charge is -2.35. The predicted octanol–water partition coefficient (Wildman–Crippen LogP) is 3.59. The summed E-state index contributed by atoms with van der Waals surface area (Å²) in [4.78, 5) is 3.93. The first-order chi connectivity index (χ1) is 9.90. The molecule has 0 bridgehead atoms. The highest BCUT2D eigenvalue weighted by molar-refractivity contribution is 7.10. The maximum atomic E-state index is 5.58. The summed E-state index contributed by atoms with van der Waals surface area (Å²) in [7, 11) is 1.75. The second-order valence-corrected chi connectivity index (χ2v) is 5.93. The number of halogens is 2. The van der Waals surface area contributed by atoms with Gasteiger partial charge in [-0.15, -0.1) is 36.2 Å². The minimum absolute atomic E-state index is 0. The third-order valence-corrected chi connectivity index (χ3v) is 4.69. The summed E-state index contributed by atoms with van der Waals surface area (Å²) in [6.45, 7) is 4.25. The van der Waals surface area contributed by atoms with Crippen molar-refractivity contribution in [1.82, 2.24) is 10.2 Å². The van der Waals surface area contributed by atoms with Crippen LogP contribution < -0.4 is 10.1 Å². The lowest BCUT2D eigenvalue weighted by atomic mass is 10.0. The number of thiophene rings is 1. The Labute approximate surface area is 148 Å². The average molecular weight is 361 g/mol. The van der Waals surface area contributed by atoms with Crippen molar-refractivity contribution in [2.45, 2.75) is 6.04 Å². The molecule has 1 aliphatic heterocycles. The number of hydrogen-bond donors (Lipinski definition) is 1. The number of methoxy groups -OCH3 is 1. The third kappa shape index (κ3) is 4.15. The zero-order valence-electron chi connectivity index (χ0n) is 12.5. The first-order valence-corrected chi connectivity index (χ1v) is 7.89. The number of hydrogen-bond acceptors (Lipinski definition) is 4. The fraction of sp³-hybridized carbons (Fsp3) is 0.375. The van der Waals surface area contributed by atoms with E-state index < -0.39 is 0 Å². The van der Waals surface area contributed by atoms with Gasteiger partial charge in [-0.05, 0) is 17.5 Å². The van der Waals surface area contributed by atoms with Crippen LogP contribution in [0.15, 0.2) is 41.8 Å². The molecule has 0 spiro atoms. The smallest absolute Gasteiger partial charge is 0.124 e. The van der Waals surface area contributed by atoms with Crippen molar-refractivity contribution in [3.63, 3.8) is 0 Å². The Morgan fingerprint density at radius 1 is 1.09 bits per heavy atom. The van der Waals surface area contributed by atoms with Crippen LogP contribution in [-0.4, -0.2) is 38.2 Å². The summed E-state index contributed by atoms with van der Waals surface area (Å²) in [5, 5.41) is 5.58. The number of ether oxygens (including phenoxy) is 1. The van der Waals surface area contributed by atoms with Crippen molar-refractivity contribution >= 4 is 36.2 Å². The topological polar surface area (TPSA) is 24.5 Å². The Hall–Kier alpha value is -0.780. The Kier molecular flexibility index (Phi) is 8.21. The van der Waals surface area contributed by atoms with Crippen LogP contribution in [0.5, 0.6) is 5.75 Å². The third-order valence-electron chi connectivity index (χ3n) is 3.76. The Balaban J connectivity index is 0.00000121. The number of nitrogens with zero attached hydrogens (tertiary/aromatic N) is 1. The summed E-state index contributed by atoms with van der Waals surface area (Å²) in [6.07, 6.45) is 0. The molecule has 0 unspecified atom stereocenters. The van der Waals surface area contributed by atoms with Gasteiger partial charge in [0.1, 0.15) is 5.75 Å². The van der Waals surface area contributed by atoms with Crippen LogP contribution in [0.25, 0.3) is 0 Å². The molecule has 3 rings (SSSR count). The average Bonchev–Trinajstić information content (AvgIpc) is 3.03. The summed E-state index contributed by atoms with van der Waals surface area (Å²) < 4.78 is 5.58. The monoisotopic (exact) mass is 360 g/mol. The second kappa shape index (κ2) is 9.38. The van der Waals surface area contributed by atoms with E-state index in [0.29, 0.717) is 6.04 Å². The van der Waals surface area contributed by atoms with Crippen LogP contribution in [0.3, 0.4) is 0 Å². The number of nitrogens with one attached hydrogen (secondary N) is 1. The van der Waals surface area contributed by atoms with Crippen LogP contribution >= 0.6 is 36.2 Å². The van der Waals surface area contributed by atoms with Gasteiger partial charge in [0.2, 0.25) is 0 Å². The number of piperazine rings is 1. The molecule has 0 radical (unpaired) electrons. The molecule has 1 aliphatic rings. The van der Waals surface area contributed by atoms with Gasteiger partial charge in [-0.1, -0.05) is 24.3 Å². The van der Waals surface area contributed by atoms with Crippen molar-refractivity contribution in [3.05, 3.63) is 52.2 Å². The first-order valence-electron chi connectivity index (χ1n) is 7.01. The van der Waals surface area contributed by atoms with E-state index >= 15 is 0 Å². The molecule has 22 heavy (non-hydrogen) atoms. The lowest BCUT2D eigenvalue weighted by Crippen LogP contribution is -2.45. The minimum Gasteiger partial charge on any atom is -0.496 e. The highest BCUT2D eigenvalue weighted by Gasteiger charge is 2.26. The van der Waals surface area contributed by atoms with Gasteiger partial charge in [0, 0.05) is 36.6 Å². The van der Waals surface area contributed by atoms with Gasteiger partial charge in [0.15, 0.2) is 0 Å². The molecule has 1 saturated heterocycles. The molecule has 0 saturated carbocycles. The van der Waals surface area contributed by atoms with Crippen LogP contribution in [0, 0.1) is 0 Å². The van der Waals surface area contributed by atoms with Crippen molar-refractivity contribution < 1.29 is 4.74 Å². The molecule has 6 heteroatoms. The van der Waals surface area contributed by atoms with Crippen molar-refractivity contribution in [3.8, 4) is 5.75 Å². The van der Waals surface area contributed by atoms with Gasteiger partial charge in [-0.2, -0.15) is 0 Å². The Morgan fingerprint density at radius 2 is 1.82 bits per heavy atom. The standard InChI is InChI=1S/C16H20N2OS.2ClH/c1-19-14-6-3-2-5-13(14)16(15-7-4-12-20-15)18-10-8-17-9-11-18;;/h2-7,12,16-17H,8-11H2,1H3;2*1H/t16-;;/m0../s1. The molecule has 1 aromatic carbocycles. The number of benzene rings is 1. The van der Waals surface area contributed by atoms with E-state index in [9.17, 15) is 0 Å². The molecule has 2 heterocycles. The zero-order valence-corrected chi connectivity index (χ0v) is 15.0. The van der Waals surface area contributed by atoms with E-state index in [0.717, 1.165) is 31.9 Å². The molecular formula is C16H22Cl2N2OS. The molecule has 0 aliphatic carbocycles. The lowest BCUT2D eigenvalue weighted by molar-refractivity contribution is 0.197. The molecule has 2 aromatic rings. The van der Waals surface area contributed by atoms with Crippen molar-refractivity contribution in [2.75, 3.05) is 33.3 Å². The molecule has 0 amide bonds. The van der Waals surface area contributed by atoms with E-state index in [-0.39, 0.29) is 24.8 Å². The van der Waals surface area contributed by atoms with E-state index in [1.807, 2.05) is 17.4 Å². The summed E-state index contributed by atoms with van der Waals surface area (Å²) in [5.41, 5.74) is 1.26. The first kappa shape index (κ1) is 19.3. The number of para-hydroxylation sites is 1. The fourth-order valence-corrected chi connectivity index (χ4v) is 3.69. The second-order valence-electron chi connectivity index (χ2n) is 4.95. The Bertz CT molecular complexity index is 545. The summed E-state index contributed by atoms with van der Waals surface area (Å²) in [6, 6.07) is 13.0. The maximum absolute atomic E-state index is 5.58.